The van der Waals surface area contributed by atoms with Crippen LogP contribution in [-0.2, 0) is 0 Å². The molecule has 2 rings (SSSR count). The highest BCUT2D eigenvalue weighted by Gasteiger charge is 2.03. The van der Waals surface area contributed by atoms with Crippen LogP contribution in [0.1, 0.15) is 13.8 Å². The van der Waals surface area contributed by atoms with Crippen LogP contribution < -0.4 is 15.5 Å². The highest BCUT2D eigenvalue weighted by molar-refractivity contribution is 5.59. The van der Waals surface area contributed by atoms with Crippen molar-refractivity contribution >= 4 is 23.1 Å². The molecule has 0 spiro atoms. The Morgan fingerprint density at radius 2 is 1.71 bits per heavy atom. The zero-order valence-corrected chi connectivity index (χ0v) is 15.1. The number of anilines is 4. The molecule has 24 heavy (non-hydrogen) atoms. The van der Waals surface area contributed by atoms with Gasteiger partial charge in [0.2, 0.25) is 5.95 Å². The second-order valence-electron chi connectivity index (χ2n) is 5.84. The average molecular weight is 328 g/mol. The SMILES string of the molecule is CCN(CC)c1ccc(Nc2nccc(NCCN(C)C)n2)cc1. The molecular weight excluding hydrogens is 300 g/mol. The summed E-state index contributed by atoms with van der Waals surface area (Å²) in [5.74, 6) is 1.43. The molecule has 0 atom stereocenters. The summed E-state index contributed by atoms with van der Waals surface area (Å²) in [7, 11) is 4.10. The molecule has 0 bridgehead atoms. The number of nitrogens with zero attached hydrogens (tertiary/aromatic N) is 4. The third kappa shape index (κ3) is 5.38. The Bertz CT molecular complexity index is 607. The third-order valence-corrected chi connectivity index (χ3v) is 3.77. The predicted octanol–water partition coefficient (Wildman–Crippen LogP) is 3.04. The van der Waals surface area contributed by atoms with Crippen LogP contribution in [0.4, 0.5) is 23.1 Å². The van der Waals surface area contributed by atoms with E-state index in [0.717, 1.165) is 37.7 Å². The van der Waals surface area contributed by atoms with Crippen molar-refractivity contribution in [3.8, 4) is 0 Å². The van der Waals surface area contributed by atoms with Gasteiger partial charge < -0.3 is 20.4 Å². The summed E-state index contributed by atoms with van der Waals surface area (Å²) in [6.45, 7) is 8.15. The topological polar surface area (TPSA) is 56.3 Å². The highest BCUT2D eigenvalue weighted by atomic mass is 15.2. The van der Waals surface area contributed by atoms with Crippen LogP contribution in [0.25, 0.3) is 0 Å². The van der Waals surface area contributed by atoms with Gasteiger partial charge in [0.1, 0.15) is 5.82 Å². The third-order valence-electron chi connectivity index (χ3n) is 3.77. The van der Waals surface area contributed by atoms with Crippen molar-refractivity contribution in [1.82, 2.24) is 14.9 Å². The van der Waals surface area contributed by atoms with Crippen LogP contribution in [0, 0.1) is 0 Å². The summed E-state index contributed by atoms with van der Waals surface area (Å²) >= 11 is 0. The fourth-order valence-corrected chi connectivity index (χ4v) is 2.40. The number of hydrogen-bond acceptors (Lipinski definition) is 6. The molecule has 0 aliphatic heterocycles. The molecule has 0 unspecified atom stereocenters. The van der Waals surface area contributed by atoms with E-state index in [-0.39, 0.29) is 0 Å². The number of likely N-dealkylation sites (N-methyl/N-ethyl adjacent to an activating group) is 1. The number of hydrogen-bond donors (Lipinski definition) is 2. The average Bonchev–Trinajstić information content (AvgIpc) is 2.57. The second-order valence-corrected chi connectivity index (χ2v) is 5.84. The van der Waals surface area contributed by atoms with Gasteiger partial charge in [-0.25, -0.2) is 4.98 Å². The van der Waals surface area contributed by atoms with Crippen molar-refractivity contribution in [3.63, 3.8) is 0 Å². The normalized spacial score (nSPS) is 10.7. The first-order chi connectivity index (χ1) is 11.6. The van der Waals surface area contributed by atoms with E-state index in [1.807, 2.05) is 6.07 Å². The minimum atomic E-state index is 0.598. The minimum Gasteiger partial charge on any atom is -0.372 e. The maximum absolute atomic E-state index is 4.49. The molecule has 130 valence electrons. The van der Waals surface area contributed by atoms with E-state index in [1.165, 1.54) is 5.69 Å². The minimum absolute atomic E-state index is 0.598. The lowest BCUT2D eigenvalue weighted by molar-refractivity contribution is 0.425. The monoisotopic (exact) mass is 328 g/mol. The standard InChI is InChI=1S/C18H28N6/c1-5-24(6-2)16-9-7-15(8-10-16)21-18-20-12-11-17(22-18)19-13-14-23(3)4/h7-12H,5-6,13-14H2,1-4H3,(H2,19,20,21,22). The van der Waals surface area contributed by atoms with Gasteiger partial charge in [-0.2, -0.15) is 4.98 Å². The Hall–Kier alpha value is -2.34. The molecule has 6 heteroatoms. The fourth-order valence-electron chi connectivity index (χ4n) is 2.40. The summed E-state index contributed by atoms with van der Waals surface area (Å²) in [4.78, 5) is 13.2. The Balaban J connectivity index is 1.98. The molecule has 1 aromatic carbocycles. The molecule has 0 radical (unpaired) electrons. The molecule has 0 amide bonds. The van der Waals surface area contributed by atoms with Crippen molar-refractivity contribution in [1.29, 1.82) is 0 Å². The molecule has 2 aromatic rings. The van der Waals surface area contributed by atoms with Gasteiger partial charge in [0.25, 0.3) is 0 Å². The van der Waals surface area contributed by atoms with E-state index in [4.69, 9.17) is 0 Å². The summed E-state index contributed by atoms with van der Waals surface area (Å²) < 4.78 is 0. The Morgan fingerprint density at radius 1 is 1.00 bits per heavy atom. The number of aromatic nitrogens is 2. The Morgan fingerprint density at radius 3 is 2.33 bits per heavy atom. The van der Waals surface area contributed by atoms with Gasteiger partial charge in [0, 0.05) is 43.8 Å². The van der Waals surface area contributed by atoms with Crippen LogP contribution in [-0.4, -0.2) is 55.1 Å². The summed E-state index contributed by atoms with van der Waals surface area (Å²) in [6.07, 6.45) is 1.76. The van der Waals surface area contributed by atoms with Crippen molar-refractivity contribution in [3.05, 3.63) is 36.5 Å². The lowest BCUT2D eigenvalue weighted by Crippen LogP contribution is -2.21. The molecule has 6 nitrogen and oxygen atoms in total. The molecule has 1 aromatic heterocycles. The van der Waals surface area contributed by atoms with Gasteiger partial charge in [-0.15, -0.1) is 0 Å². The number of benzene rings is 1. The Labute approximate surface area is 144 Å². The lowest BCUT2D eigenvalue weighted by Gasteiger charge is -2.21. The van der Waals surface area contributed by atoms with Gasteiger partial charge in [0.15, 0.2) is 0 Å². The van der Waals surface area contributed by atoms with Gasteiger partial charge in [-0.1, -0.05) is 0 Å². The molecule has 0 saturated carbocycles. The van der Waals surface area contributed by atoms with Crippen molar-refractivity contribution in [2.45, 2.75) is 13.8 Å². The van der Waals surface area contributed by atoms with Crippen LogP contribution in [0.3, 0.4) is 0 Å². The molecule has 0 aliphatic carbocycles. The molecule has 0 fully saturated rings. The Kier molecular flexibility index (Phi) is 6.81. The smallest absolute Gasteiger partial charge is 0.229 e. The summed E-state index contributed by atoms with van der Waals surface area (Å²) in [6, 6.07) is 10.2. The van der Waals surface area contributed by atoms with Crippen molar-refractivity contribution in [2.75, 3.05) is 55.8 Å². The lowest BCUT2D eigenvalue weighted by atomic mass is 10.2. The number of rotatable bonds is 9. The predicted molar refractivity (Wildman–Crippen MR) is 102 cm³/mol. The molecular formula is C18H28N6. The van der Waals surface area contributed by atoms with Gasteiger partial charge >= 0.3 is 0 Å². The van der Waals surface area contributed by atoms with E-state index in [9.17, 15) is 0 Å². The first kappa shape index (κ1) is 18.0. The van der Waals surface area contributed by atoms with Crippen molar-refractivity contribution < 1.29 is 0 Å². The second kappa shape index (κ2) is 9.08. The van der Waals surface area contributed by atoms with E-state index >= 15 is 0 Å². The molecule has 0 saturated heterocycles. The molecule has 2 N–H and O–H groups in total. The van der Waals surface area contributed by atoms with Gasteiger partial charge in [-0.05, 0) is 58.3 Å². The highest BCUT2D eigenvalue weighted by Crippen LogP contribution is 2.20. The van der Waals surface area contributed by atoms with E-state index in [1.54, 1.807) is 6.20 Å². The van der Waals surface area contributed by atoms with Gasteiger partial charge in [0.05, 0.1) is 0 Å². The summed E-state index contributed by atoms with van der Waals surface area (Å²) in [5.41, 5.74) is 2.21. The maximum atomic E-state index is 4.49. The first-order valence-electron chi connectivity index (χ1n) is 8.46. The van der Waals surface area contributed by atoms with Gasteiger partial charge in [-0.3, -0.25) is 0 Å². The van der Waals surface area contributed by atoms with E-state index < -0.39 is 0 Å². The summed E-state index contributed by atoms with van der Waals surface area (Å²) in [5, 5.41) is 6.56. The van der Waals surface area contributed by atoms with Crippen LogP contribution in [0.5, 0.6) is 0 Å². The zero-order chi connectivity index (χ0) is 17.4. The largest absolute Gasteiger partial charge is 0.372 e. The van der Waals surface area contributed by atoms with Crippen molar-refractivity contribution in [2.24, 2.45) is 0 Å². The molecule has 1 heterocycles. The van der Waals surface area contributed by atoms with Crippen LogP contribution in [0.2, 0.25) is 0 Å². The molecule has 0 aliphatic rings. The van der Waals surface area contributed by atoms with E-state index in [0.29, 0.717) is 5.95 Å². The quantitative estimate of drug-likeness (QED) is 0.738. The maximum Gasteiger partial charge on any atom is 0.229 e. The zero-order valence-electron chi connectivity index (χ0n) is 15.1. The fraction of sp³-hybridized carbons (Fsp3) is 0.444. The number of nitrogens with one attached hydrogen (secondary N) is 2. The van der Waals surface area contributed by atoms with Crippen LogP contribution in [0.15, 0.2) is 36.5 Å². The van der Waals surface area contributed by atoms with Crippen LogP contribution >= 0.6 is 0 Å². The first-order valence-corrected chi connectivity index (χ1v) is 8.46. The van der Waals surface area contributed by atoms with E-state index in [2.05, 4.69) is 82.6 Å².